The predicted molar refractivity (Wildman–Crippen MR) is 50.2 cm³/mol. The van der Waals surface area contributed by atoms with E-state index in [1.54, 1.807) is 5.32 Å². The second-order valence-electron chi connectivity index (χ2n) is 1.46. The van der Waals surface area contributed by atoms with Gasteiger partial charge in [0.25, 0.3) is 3.92 Å². The van der Waals surface area contributed by atoms with Gasteiger partial charge in [0.15, 0.2) is 0 Å². The molecule has 12 heavy (non-hydrogen) atoms. The molecule has 0 aliphatic rings. The highest BCUT2D eigenvalue weighted by molar-refractivity contribution is 6.68. The van der Waals surface area contributed by atoms with Gasteiger partial charge in [-0.25, -0.2) is 4.79 Å². The van der Waals surface area contributed by atoms with Crippen molar-refractivity contribution in [2.45, 2.75) is 7.90 Å². The van der Waals surface area contributed by atoms with E-state index in [0.29, 0.717) is 0 Å². The van der Waals surface area contributed by atoms with Gasteiger partial charge < -0.3 is 4.74 Å². The largest absolute Gasteiger partial charge is 0.413 e. The monoisotopic (exact) mass is 293 g/mol. The van der Waals surface area contributed by atoms with Gasteiger partial charge in [0, 0.05) is 0 Å². The van der Waals surface area contributed by atoms with Crippen molar-refractivity contribution in [3.05, 3.63) is 0 Å². The number of hydrogen-bond donors (Lipinski definition) is 1. The van der Waals surface area contributed by atoms with Crippen molar-refractivity contribution < 1.29 is 9.53 Å². The number of hydrogen-bond acceptors (Lipinski definition) is 2. The maximum absolute atomic E-state index is 10.6. The van der Waals surface area contributed by atoms with Crippen LogP contribution in [0.15, 0.2) is 0 Å². The molecule has 1 amide bonds. The number of rotatable bonds is 0. The fourth-order valence-electron chi connectivity index (χ4n) is 0.246. The molecule has 0 saturated carbocycles. The molecule has 0 saturated heterocycles. The molecule has 3 nitrogen and oxygen atoms in total. The number of carbonyl (C=O) groups is 1. The minimum Gasteiger partial charge on any atom is -0.398 e. The van der Waals surface area contributed by atoms with Crippen LogP contribution < -0.4 is 5.32 Å². The molecule has 0 aliphatic heterocycles. The summed E-state index contributed by atoms with van der Waals surface area (Å²) in [5.41, 5.74) is 0. The fraction of sp³-hybridized carbons (Fsp3) is 0.667. The van der Waals surface area contributed by atoms with E-state index >= 15 is 0 Å². The maximum Gasteiger partial charge on any atom is 0.413 e. The van der Waals surface area contributed by atoms with Crippen LogP contribution in [-0.2, 0) is 4.74 Å². The average molecular weight is 296 g/mol. The predicted octanol–water partition coefficient (Wildman–Crippen LogP) is 3.37. The molecule has 9 heteroatoms. The third-order valence-corrected chi connectivity index (χ3v) is 0.967. The Labute approximate surface area is 98.1 Å². The van der Waals surface area contributed by atoms with E-state index in [1.807, 2.05) is 0 Å². The molecule has 0 bridgehead atoms. The first kappa shape index (κ1) is 13.0. The van der Waals surface area contributed by atoms with Gasteiger partial charge in [-0.3, -0.25) is 5.32 Å². The van der Waals surface area contributed by atoms with E-state index in [9.17, 15) is 4.79 Å². The van der Waals surface area contributed by atoms with Crippen LogP contribution in [0.1, 0.15) is 0 Å². The molecule has 0 aromatic carbocycles. The molecular formula is C3HCl6NO2. The average Bonchev–Trinajstić information content (AvgIpc) is 1.49. The Bertz CT molecular complexity index is 153. The Balaban J connectivity index is 3.92. The summed E-state index contributed by atoms with van der Waals surface area (Å²) < 4.78 is -0.0670. The van der Waals surface area contributed by atoms with Gasteiger partial charge >= 0.3 is 10.1 Å². The highest BCUT2D eigenvalue weighted by Gasteiger charge is 2.30. The number of ether oxygens (including phenoxy) is 1. The van der Waals surface area contributed by atoms with Crippen molar-refractivity contribution in [3.63, 3.8) is 0 Å². The van der Waals surface area contributed by atoms with Crippen LogP contribution in [0.25, 0.3) is 0 Å². The van der Waals surface area contributed by atoms with E-state index in [1.165, 1.54) is 0 Å². The molecule has 0 aromatic rings. The summed E-state index contributed by atoms with van der Waals surface area (Å²) in [5, 5.41) is 1.76. The lowest BCUT2D eigenvalue weighted by atomic mass is 11.1. The lowest BCUT2D eigenvalue weighted by Crippen LogP contribution is -2.37. The van der Waals surface area contributed by atoms with E-state index in [-0.39, 0.29) is 0 Å². The van der Waals surface area contributed by atoms with Crippen LogP contribution in [0.2, 0.25) is 0 Å². The molecule has 0 rings (SSSR count). The van der Waals surface area contributed by atoms with Gasteiger partial charge in [0.1, 0.15) is 0 Å². The Kier molecular flexibility index (Phi) is 4.87. The SMILES string of the molecule is O=C(NC(Cl)(Cl)Cl)OC(Cl)(Cl)Cl. The zero-order chi connectivity index (χ0) is 9.99. The summed E-state index contributed by atoms with van der Waals surface area (Å²) in [6, 6.07) is 0. The van der Waals surface area contributed by atoms with Crippen LogP contribution in [0, 0.1) is 0 Å². The molecule has 0 aliphatic carbocycles. The normalized spacial score (nSPS) is 12.5. The van der Waals surface area contributed by atoms with Crippen LogP contribution in [0.3, 0.4) is 0 Å². The Morgan fingerprint density at radius 3 is 1.75 bits per heavy atom. The van der Waals surface area contributed by atoms with E-state index in [2.05, 4.69) is 4.74 Å². The molecule has 1 N–H and O–H groups in total. The van der Waals surface area contributed by atoms with Gasteiger partial charge in [-0.05, 0) is 34.8 Å². The molecule has 0 aromatic heterocycles. The number of halogens is 6. The van der Waals surface area contributed by atoms with Crippen molar-refractivity contribution in [3.8, 4) is 0 Å². The third kappa shape index (κ3) is 9.10. The highest BCUT2D eigenvalue weighted by Crippen LogP contribution is 2.28. The summed E-state index contributed by atoms with van der Waals surface area (Å²) in [6.07, 6.45) is -1.16. The standard InChI is InChI=1S/C3HCl6NO2/c4-2(5,6)10-1(11)12-3(7,8)9/h(H,10,11). The van der Waals surface area contributed by atoms with Crippen molar-refractivity contribution in [2.75, 3.05) is 0 Å². The van der Waals surface area contributed by atoms with E-state index in [0.717, 1.165) is 0 Å². The summed E-state index contributed by atoms with van der Waals surface area (Å²) >= 11 is 30.7. The Morgan fingerprint density at radius 2 is 1.50 bits per heavy atom. The van der Waals surface area contributed by atoms with Gasteiger partial charge in [-0.2, -0.15) is 0 Å². The van der Waals surface area contributed by atoms with Gasteiger partial charge in [0.05, 0.1) is 0 Å². The molecule has 0 fully saturated rings. The number of alkyl halides is 6. The Hall–Kier alpha value is 1.01. The Morgan fingerprint density at radius 1 is 1.08 bits per heavy atom. The lowest BCUT2D eigenvalue weighted by Gasteiger charge is -2.16. The van der Waals surface area contributed by atoms with E-state index in [4.69, 9.17) is 69.6 Å². The minimum atomic E-state index is -2.18. The van der Waals surface area contributed by atoms with Crippen molar-refractivity contribution in [1.82, 2.24) is 5.32 Å². The van der Waals surface area contributed by atoms with Crippen molar-refractivity contribution in [2.24, 2.45) is 0 Å². The first-order chi connectivity index (χ1) is 5.10. The van der Waals surface area contributed by atoms with E-state index < -0.39 is 14.0 Å². The van der Waals surface area contributed by atoms with Crippen LogP contribution in [0.4, 0.5) is 4.79 Å². The highest BCUT2D eigenvalue weighted by atomic mass is 35.6. The van der Waals surface area contributed by atoms with Gasteiger partial charge in [-0.1, -0.05) is 34.8 Å². The molecule has 0 atom stereocenters. The second-order valence-corrected chi connectivity index (χ2v) is 5.92. The molecule has 0 unspecified atom stereocenters. The minimum absolute atomic E-state index is 1.16. The molecule has 0 heterocycles. The fourth-order valence-corrected chi connectivity index (χ4v) is 0.688. The van der Waals surface area contributed by atoms with Gasteiger partial charge in [0.2, 0.25) is 0 Å². The summed E-state index contributed by atoms with van der Waals surface area (Å²) in [5.74, 6) is 0. The lowest BCUT2D eigenvalue weighted by molar-refractivity contribution is 0.144. The number of nitrogens with one attached hydrogen (secondary N) is 1. The topological polar surface area (TPSA) is 38.3 Å². The molecule has 0 spiro atoms. The zero-order valence-corrected chi connectivity index (χ0v) is 9.62. The quantitative estimate of drug-likeness (QED) is 0.550. The van der Waals surface area contributed by atoms with Crippen LogP contribution in [0.5, 0.6) is 0 Å². The van der Waals surface area contributed by atoms with Crippen molar-refractivity contribution in [1.29, 1.82) is 0 Å². The van der Waals surface area contributed by atoms with Crippen LogP contribution in [-0.4, -0.2) is 14.0 Å². The zero-order valence-electron chi connectivity index (χ0n) is 5.08. The number of amides is 1. The number of alkyl carbamates (subject to hydrolysis) is 1. The summed E-state index contributed by atoms with van der Waals surface area (Å²) in [6.45, 7) is 0. The van der Waals surface area contributed by atoms with Gasteiger partial charge in [-0.15, -0.1) is 0 Å². The molecular weight excluding hydrogens is 295 g/mol. The first-order valence-corrected chi connectivity index (χ1v) is 4.51. The smallest absolute Gasteiger partial charge is 0.398 e. The first-order valence-electron chi connectivity index (χ1n) is 2.25. The summed E-state index contributed by atoms with van der Waals surface area (Å²) in [7, 11) is 0. The number of carbonyl (C=O) groups excluding carboxylic acids is 1. The third-order valence-electron chi connectivity index (χ3n) is 0.452. The molecule has 0 radical (unpaired) electrons. The molecule has 72 valence electrons. The summed E-state index contributed by atoms with van der Waals surface area (Å²) in [4.78, 5) is 10.6. The second kappa shape index (κ2) is 4.49. The van der Waals surface area contributed by atoms with Crippen LogP contribution >= 0.6 is 69.6 Å². The maximum atomic E-state index is 10.6. The van der Waals surface area contributed by atoms with Crippen molar-refractivity contribution >= 4 is 75.7 Å².